The summed E-state index contributed by atoms with van der Waals surface area (Å²) in [4.78, 5) is 35.8. The first-order chi connectivity index (χ1) is 13.0. The van der Waals surface area contributed by atoms with Crippen LogP contribution in [0, 0.1) is 6.92 Å². The van der Waals surface area contributed by atoms with Gasteiger partial charge in [-0.1, -0.05) is 30.3 Å². The molecule has 0 spiro atoms. The van der Waals surface area contributed by atoms with E-state index in [4.69, 9.17) is 14.2 Å². The third-order valence-electron chi connectivity index (χ3n) is 3.83. The summed E-state index contributed by atoms with van der Waals surface area (Å²) in [5, 5.41) is 0. The zero-order valence-electron chi connectivity index (χ0n) is 14.6. The lowest BCUT2D eigenvalue weighted by Gasteiger charge is -2.25. The molecule has 0 bridgehead atoms. The Balaban J connectivity index is 1.43. The van der Waals surface area contributed by atoms with Gasteiger partial charge in [-0.2, -0.15) is 0 Å². The summed E-state index contributed by atoms with van der Waals surface area (Å²) >= 11 is 0. The van der Waals surface area contributed by atoms with Crippen LogP contribution in [0.3, 0.4) is 0 Å². The molecule has 0 radical (unpaired) electrons. The van der Waals surface area contributed by atoms with Crippen molar-refractivity contribution in [2.24, 2.45) is 0 Å². The van der Waals surface area contributed by atoms with Crippen molar-refractivity contribution < 1.29 is 28.6 Å². The van der Waals surface area contributed by atoms with E-state index in [1.54, 1.807) is 55.5 Å². The number of carbonyl (C=O) groups excluding carboxylic acids is 3. The molecule has 140 valence electrons. The molecule has 0 saturated heterocycles. The van der Waals surface area contributed by atoms with Crippen LogP contribution in [0.15, 0.2) is 48.5 Å². The van der Waals surface area contributed by atoms with Crippen LogP contribution in [0.1, 0.15) is 15.9 Å². The second-order valence-electron chi connectivity index (χ2n) is 5.79. The third-order valence-corrected chi connectivity index (χ3v) is 3.83. The van der Waals surface area contributed by atoms with Gasteiger partial charge in [-0.15, -0.1) is 0 Å². The molecule has 8 nitrogen and oxygen atoms in total. The van der Waals surface area contributed by atoms with Crippen molar-refractivity contribution in [2.45, 2.75) is 13.0 Å². The van der Waals surface area contributed by atoms with Gasteiger partial charge in [-0.25, -0.2) is 4.79 Å². The van der Waals surface area contributed by atoms with E-state index in [2.05, 4.69) is 10.9 Å². The fourth-order valence-corrected chi connectivity index (χ4v) is 2.41. The van der Waals surface area contributed by atoms with Crippen molar-refractivity contribution in [2.75, 3.05) is 13.2 Å². The maximum Gasteiger partial charge on any atom is 0.338 e. The molecule has 1 aliphatic rings. The van der Waals surface area contributed by atoms with Crippen molar-refractivity contribution in [3.05, 3.63) is 59.7 Å². The lowest BCUT2D eigenvalue weighted by Crippen LogP contribution is -2.51. The number of aryl methyl sites for hydroxylation is 1. The normalized spacial score (nSPS) is 14.8. The fraction of sp³-hybridized carbons (Fsp3) is 0.211. The van der Waals surface area contributed by atoms with Crippen molar-refractivity contribution in [1.82, 2.24) is 10.9 Å². The highest BCUT2D eigenvalue weighted by atomic mass is 16.6. The zero-order valence-corrected chi connectivity index (χ0v) is 14.6. The summed E-state index contributed by atoms with van der Waals surface area (Å²) < 4.78 is 15.9. The number of hydrogen-bond donors (Lipinski definition) is 2. The molecular weight excluding hydrogens is 352 g/mol. The van der Waals surface area contributed by atoms with Gasteiger partial charge in [0.1, 0.15) is 6.61 Å². The summed E-state index contributed by atoms with van der Waals surface area (Å²) in [7, 11) is 0. The average Bonchev–Trinajstić information content (AvgIpc) is 2.70. The lowest BCUT2D eigenvalue weighted by atomic mass is 10.1. The minimum Gasteiger partial charge on any atom is -0.485 e. The number of carbonyl (C=O) groups is 3. The number of hydrazine groups is 1. The van der Waals surface area contributed by atoms with E-state index in [1.165, 1.54) is 0 Å². The minimum absolute atomic E-state index is 0.0149. The Morgan fingerprint density at radius 1 is 1.04 bits per heavy atom. The molecule has 2 N–H and O–H groups in total. The molecule has 27 heavy (non-hydrogen) atoms. The molecule has 0 fully saturated rings. The Kier molecular flexibility index (Phi) is 5.55. The molecule has 3 rings (SSSR count). The first-order valence-corrected chi connectivity index (χ1v) is 8.24. The van der Waals surface area contributed by atoms with Gasteiger partial charge < -0.3 is 14.2 Å². The number of benzene rings is 2. The van der Waals surface area contributed by atoms with Gasteiger partial charge in [0.15, 0.2) is 18.1 Å². The SMILES string of the molecule is Cc1ccccc1C(=O)OCC(=O)NNC(=O)[C@@H]1COc2ccccc2O1. The summed E-state index contributed by atoms with van der Waals surface area (Å²) in [5.41, 5.74) is 5.51. The first kappa shape index (κ1) is 18.2. The van der Waals surface area contributed by atoms with Crippen molar-refractivity contribution in [1.29, 1.82) is 0 Å². The molecule has 0 aliphatic carbocycles. The predicted molar refractivity (Wildman–Crippen MR) is 94.1 cm³/mol. The highest BCUT2D eigenvalue weighted by molar-refractivity contribution is 5.93. The molecule has 1 heterocycles. The number of para-hydroxylation sites is 2. The molecule has 0 aromatic heterocycles. The highest BCUT2D eigenvalue weighted by Crippen LogP contribution is 2.30. The van der Waals surface area contributed by atoms with E-state index >= 15 is 0 Å². The first-order valence-electron chi connectivity index (χ1n) is 8.24. The predicted octanol–water partition coefficient (Wildman–Crippen LogP) is 1.14. The maximum absolute atomic E-state index is 12.1. The fourth-order valence-electron chi connectivity index (χ4n) is 2.41. The second-order valence-corrected chi connectivity index (χ2v) is 5.79. The topological polar surface area (TPSA) is 103 Å². The Morgan fingerprint density at radius 2 is 1.74 bits per heavy atom. The van der Waals surface area contributed by atoms with Crippen LogP contribution >= 0.6 is 0 Å². The number of hydrogen-bond acceptors (Lipinski definition) is 6. The Labute approximate surface area is 155 Å². The van der Waals surface area contributed by atoms with Gasteiger partial charge >= 0.3 is 5.97 Å². The smallest absolute Gasteiger partial charge is 0.338 e. The van der Waals surface area contributed by atoms with E-state index in [1.807, 2.05) is 0 Å². The average molecular weight is 370 g/mol. The van der Waals surface area contributed by atoms with Crippen molar-refractivity contribution in [3.8, 4) is 11.5 Å². The number of rotatable bonds is 4. The molecule has 1 atom stereocenters. The summed E-state index contributed by atoms with van der Waals surface area (Å²) in [6.45, 7) is 1.25. The number of esters is 1. The molecule has 8 heteroatoms. The molecule has 0 unspecified atom stereocenters. The number of fused-ring (bicyclic) bond motifs is 1. The molecule has 1 aliphatic heterocycles. The number of amides is 2. The Hall–Kier alpha value is -3.55. The van der Waals surface area contributed by atoms with Crippen LogP contribution in [0.25, 0.3) is 0 Å². The maximum atomic E-state index is 12.1. The summed E-state index contributed by atoms with van der Waals surface area (Å²) in [6.07, 6.45) is -0.908. The Bertz CT molecular complexity index is 867. The summed E-state index contributed by atoms with van der Waals surface area (Å²) in [5.74, 6) is -0.878. The number of ether oxygens (including phenoxy) is 3. The number of nitrogens with one attached hydrogen (secondary N) is 2. The van der Waals surface area contributed by atoms with Crippen LogP contribution in [-0.2, 0) is 14.3 Å². The highest BCUT2D eigenvalue weighted by Gasteiger charge is 2.27. The van der Waals surface area contributed by atoms with Gasteiger partial charge in [0.05, 0.1) is 5.56 Å². The van der Waals surface area contributed by atoms with Gasteiger partial charge in [-0.05, 0) is 30.7 Å². The third kappa shape index (κ3) is 4.55. The van der Waals surface area contributed by atoms with E-state index in [-0.39, 0.29) is 6.61 Å². The van der Waals surface area contributed by atoms with E-state index in [9.17, 15) is 14.4 Å². The second kappa shape index (κ2) is 8.22. The van der Waals surface area contributed by atoms with Crippen LogP contribution in [0.2, 0.25) is 0 Å². The molecule has 2 aromatic rings. The van der Waals surface area contributed by atoms with E-state index < -0.39 is 30.5 Å². The zero-order chi connectivity index (χ0) is 19.2. The van der Waals surface area contributed by atoms with E-state index in [0.717, 1.165) is 5.56 Å². The van der Waals surface area contributed by atoms with Gasteiger partial charge in [0.2, 0.25) is 6.10 Å². The van der Waals surface area contributed by atoms with Crippen molar-refractivity contribution >= 4 is 17.8 Å². The van der Waals surface area contributed by atoms with Crippen LogP contribution in [0.5, 0.6) is 11.5 Å². The molecule has 0 saturated carbocycles. The monoisotopic (exact) mass is 370 g/mol. The standard InChI is InChI=1S/C19H18N2O6/c1-12-6-2-3-7-13(12)19(24)26-11-17(22)20-21-18(23)16-10-25-14-8-4-5-9-15(14)27-16/h2-9,16H,10-11H2,1H3,(H,20,22)(H,21,23)/t16-/m0/s1. The molecule has 2 aromatic carbocycles. The van der Waals surface area contributed by atoms with Gasteiger partial charge in [0, 0.05) is 0 Å². The largest absolute Gasteiger partial charge is 0.485 e. The van der Waals surface area contributed by atoms with E-state index in [0.29, 0.717) is 17.1 Å². The molecular formula is C19H18N2O6. The van der Waals surface area contributed by atoms with Gasteiger partial charge in [0.25, 0.3) is 11.8 Å². The van der Waals surface area contributed by atoms with Crippen LogP contribution < -0.4 is 20.3 Å². The van der Waals surface area contributed by atoms with Crippen molar-refractivity contribution in [3.63, 3.8) is 0 Å². The lowest BCUT2D eigenvalue weighted by molar-refractivity contribution is -0.135. The van der Waals surface area contributed by atoms with Crippen LogP contribution in [-0.4, -0.2) is 37.1 Å². The summed E-state index contributed by atoms with van der Waals surface area (Å²) in [6, 6.07) is 13.8. The van der Waals surface area contributed by atoms with Crippen LogP contribution in [0.4, 0.5) is 0 Å². The van der Waals surface area contributed by atoms with Gasteiger partial charge in [-0.3, -0.25) is 20.4 Å². The minimum atomic E-state index is -0.908. The quantitative estimate of drug-likeness (QED) is 0.618. The molecule has 2 amide bonds. The Morgan fingerprint density at radius 3 is 2.52 bits per heavy atom.